The van der Waals surface area contributed by atoms with Gasteiger partial charge in [0.2, 0.25) is 5.91 Å². The second-order valence-electron chi connectivity index (χ2n) is 10.8. The third kappa shape index (κ3) is 4.31. The maximum atomic E-state index is 14.7. The van der Waals surface area contributed by atoms with Gasteiger partial charge in [-0.1, -0.05) is 70.5 Å². The smallest absolute Gasteiger partial charge is 0.310 e. The molecule has 0 aliphatic carbocycles. The molecule has 3 saturated heterocycles. The van der Waals surface area contributed by atoms with Gasteiger partial charge in [-0.2, -0.15) is 0 Å². The van der Waals surface area contributed by atoms with E-state index in [-0.39, 0.29) is 17.3 Å². The van der Waals surface area contributed by atoms with Gasteiger partial charge < -0.3 is 24.7 Å². The molecule has 3 aliphatic heterocycles. The number of alkyl halides is 1. The predicted molar refractivity (Wildman–Crippen MR) is 150 cm³/mol. The van der Waals surface area contributed by atoms with Crippen LogP contribution in [0.15, 0.2) is 61.2 Å². The number of rotatable bonds is 9. The number of aliphatic hydroxyl groups is 1. The van der Waals surface area contributed by atoms with Crippen LogP contribution >= 0.6 is 15.9 Å². The molecule has 3 heterocycles. The van der Waals surface area contributed by atoms with Crippen molar-refractivity contribution in [1.82, 2.24) is 4.90 Å². The number of amides is 2. The number of aryl methyl sites for hydroxylation is 2. The van der Waals surface area contributed by atoms with Crippen molar-refractivity contribution in [2.45, 2.75) is 55.3 Å². The number of benzene rings is 2. The van der Waals surface area contributed by atoms with Gasteiger partial charge >= 0.3 is 5.97 Å². The van der Waals surface area contributed by atoms with Crippen LogP contribution in [0.5, 0.6) is 0 Å². The number of carboxylic acids is 1. The van der Waals surface area contributed by atoms with Gasteiger partial charge in [0, 0.05) is 17.1 Å². The molecule has 206 valence electrons. The Bertz CT molecular complexity index is 1280. The minimum atomic E-state index is -1.34. The van der Waals surface area contributed by atoms with E-state index in [9.17, 15) is 24.6 Å². The van der Waals surface area contributed by atoms with Crippen molar-refractivity contribution >= 4 is 39.4 Å². The van der Waals surface area contributed by atoms with Crippen molar-refractivity contribution in [3.8, 4) is 0 Å². The van der Waals surface area contributed by atoms with Gasteiger partial charge in [-0.15, -0.1) is 6.58 Å². The Morgan fingerprint density at radius 3 is 2.46 bits per heavy atom. The average molecular weight is 598 g/mol. The van der Waals surface area contributed by atoms with Crippen LogP contribution in [0.25, 0.3) is 0 Å². The first-order chi connectivity index (χ1) is 18.7. The summed E-state index contributed by atoms with van der Waals surface area (Å²) in [5, 5.41) is 20.7. The molecule has 2 bridgehead atoms. The normalized spacial score (nSPS) is 29.8. The number of anilines is 1. The number of fused-ring (bicyclic) bond motifs is 1. The molecule has 3 aliphatic rings. The number of carbonyl (C=O) groups is 3. The zero-order valence-electron chi connectivity index (χ0n) is 22.0. The minimum Gasteiger partial charge on any atom is -0.481 e. The lowest BCUT2D eigenvalue weighted by Gasteiger charge is -2.40. The van der Waals surface area contributed by atoms with E-state index in [0.717, 1.165) is 22.4 Å². The Morgan fingerprint density at radius 1 is 1.21 bits per heavy atom. The van der Waals surface area contributed by atoms with Crippen molar-refractivity contribution in [3.05, 3.63) is 77.9 Å². The predicted octanol–water partition coefficient (Wildman–Crippen LogP) is 3.26. The van der Waals surface area contributed by atoms with E-state index < -0.39 is 54.1 Å². The number of halogens is 1. The van der Waals surface area contributed by atoms with Crippen molar-refractivity contribution in [1.29, 1.82) is 0 Å². The Balaban J connectivity index is 1.66. The fourth-order valence-electron chi connectivity index (χ4n) is 6.96. The number of hydrogen-bond donors (Lipinski definition) is 2. The SMILES string of the molecule is C=CCN(C(=O)[C@@H]1N([C@@H](CO)Cc2ccccc2)C(=O)[C@H]2[C@H](C(=O)O)[C@H]3O[C@@]12CC3Br)c1c(C)cccc1C. The minimum absolute atomic E-state index is 0.190. The second kappa shape index (κ2) is 10.5. The van der Waals surface area contributed by atoms with Gasteiger partial charge in [-0.25, -0.2) is 0 Å². The number of aliphatic carboxylic acids is 1. The summed E-state index contributed by atoms with van der Waals surface area (Å²) >= 11 is 3.59. The third-order valence-electron chi connectivity index (χ3n) is 8.45. The molecule has 1 unspecified atom stereocenters. The van der Waals surface area contributed by atoms with E-state index in [1.807, 2.05) is 62.4 Å². The van der Waals surface area contributed by atoms with Crippen LogP contribution in [0.1, 0.15) is 23.1 Å². The molecule has 0 aromatic heterocycles. The fraction of sp³-hybridized carbons (Fsp3) is 0.433. The summed E-state index contributed by atoms with van der Waals surface area (Å²) < 4.78 is 6.43. The number of aliphatic hydroxyl groups excluding tert-OH is 1. The first kappa shape index (κ1) is 27.6. The van der Waals surface area contributed by atoms with E-state index in [1.165, 1.54) is 4.90 Å². The quantitative estimate of drug-likeness (QED) is 0.340. The molecule has 1 spiro atoms. The molecular formula is C30H33BrN2O6. The summed E-state index contributed by atoms with van der Waals surface area (Å²) in [6, 6.07) is 13.3. The summed E-state index contributed by atoms with van der Waals surface area (Å²) in [6.45, 7) is 7.50. The van der Waals surface area contributed by atoms with Gasteiger partial charge in [0.05, 0.1) is 30.6 Å². The van der Waals surface area contributed by atoms with Crippen LogP contribution in [-0.2, 0) is 25.5 Å². The van der Waals surface area contributed by atoms with Crippen LogP contribution in [-0.4, -0.2) is 74.7 Å². The molecule has 2 aromatic rings. The van der Waals surface area contributed by atoms with Crippen LogP contribution in [0.3, 0.4) is 0 Å². The highest BCUT2D eigenvalue weighted by Gasteiger charge is 2.77. The van der Waals surface area contributed by atoms with Crippen LogP contribution in [0.2, 0.25) is 0 Å². The van der Waals surface area contributed by atoms with Crippen LogP contribution < -0.4 is 4.90 Å². The van der Waals surface area contributed by atoms with Gasteiger partial charge in [0.25, 0.3) is 5.91 Å². The van der Waals surface area contributed by atoms with Crippen LogP contribution in [0, 0.1) is 25.7 Å². The van der Waals surface area contributed by atoms with E-state index in [2.05, 4.69) is 22.5 Å². The lowest BCUT2D eigenvalue weighted by molar-refractivity contribution is -0.150. The molecule has 39 heavy (non-hydrogen) atoms. The fourth-order valence-corrected chi connectivity index (χ4v) is 7.90. The van der Waals surface area contributed by atoms with Gasteiger partial charge in [-0.3, -0.25) is 14.4 Å². The Hall–Kier alpha value is -3.01. The second-order valence-corrected chi connectivity index (χ2v) is 11.9. The van der Waals surface area contributed by atoms with E-state index in [4.69, 9.17) is 4.74 Å². The summed E-state index contributed by atoms with van der Waals surface area (Å²) in [6.07, 6.45) is 1.51. The Kier molecular flexibility index (Phi) is 7.43. The highest BCUT2D eigenvalue weighted by Crippen LogP contribution is 2.60. The number of nitrogens with zero attached hydrogens (tertiary/aromatic N) is 2. The average Bonchev–Trinajstić information content (AvgIpc) is 3.50. The van der Waals surface area contributed by atoms with E-state index in [0.29, 0.717) is 12.8 Å². The van der Waals surface area contributed by atoms with Gasteiger partial charge in [-0.05, 0) is 43.4 Å². The third-order valence-corrected chi connectivity index (χ3v) is 9.30. The highest BCUT2D eigenvalue weighted by atomic mass is 79.9. The standard InChI is InChI=1S/C30H33BrN2O6/c1-4-13-32(24-17(2)9-8-10-18(24)3)28(36)26-30-15-21(31)25(39-30)22(29(37)38)23(30)27(35)33(26)20(16-34)14-19-11-6-5-7-12-19/h4-12,20-23,25-26,34H,1,13-16H2,2-3H3,(H,37,38)/t20-,21?,22+,23-,25+,26+,30-/m1/s1. The van der Waals surface area contributed by atoms with Gasteiger partial charge in [0.15, 0.2) is 0 Å². The number of hydrogen-bond acceptors (Lipinski definition) is 5. The van der Waals surface area contributed by atoms with E-state index in [1.54, 1.807) is 11.0 Å². The largest absolute Gasteiger partial charge is 0.481 e. The maximum Gasteiger partial charge on any atom is 0.310 e. The molecule has 0 radical (unpaired) electrons. The molecule has 2 amide bonds. The topological polar surface area (TPSA) is 107 Å². The molecule has 5 rings (SSSR count). The highest BCUT2D eigenvalue weighted by molar-refractivity contribution is 9.09. The summed E-state index contributed by atoms with van der Waals surface area (Å²) in [4.78, 5) is 44.1. The lowest BCUT2D eigenvalue weighted by atomic mass is 9.70. The number of likely N-dealkylation sites (tertiary alicyclic amines) is 1. The van der Waals surface area contributed by atoms with Crippen molar-refractivity contribution in [3.63, 3.8) is 0 Å². The Morgan fingerprint density at radius 2 is 1.87 bits per heavy atom. The molecule has 0 saturated carbocycles. The lowest BCUT2D eigenvalue weighted by Crippen LogP contribution is -2.59. The molecule has 8 nitrogen and oxygen atoms in total. The first-order valence-corrected chi connectivity index (χ1v) is 14.1. The molecular weight excluding hydrogens is 564 g/mol. The summed E-state index contributed by atoms with van der Waals surface area (Å²) in [5.41, 5.74) is 2.04. The molecule has 2 N–H and O–H groups in total. The van der Waals surface area contributed by atoms with Crippen molar-refractivity contribution < 1.29 is 29.3 Å². The van der Waals surface area contributed by atoms with Crippen LogP contribution in [0.4, 0.5) is 5.69 Å². The Labute approximate surface area is 236 Å². The van der Waals surface area contributed by atoms with E-state index >= 15 is 0 Å². The number of carboxylic acid groups (broad SMARTS) is 1. The number of para-hydroxylation sites is 1. The van der Waals surface area contributed by atoms with Gasteiger partial charge in [0.1, 0.15) is 11.6 Å². The number of carbonyl (C=O) groups excluding carboxylic acids is 2. The first-order valence-electron chi connectivity index (χ1n) is 13.2. The molecule has 7 atom stereocenters. The number of ether oxygens (including phenoxy) is 1. The maximum absolute atomic E-state index is 14.7. The molecule has 2 aromatic carbocycles. The molecule has 3 fully saturated rings. The summed E-state index contributed by atoms with van der Waals surface area (Å²) in [5.74, 6) is -4.09. The van der Waals surface area contributed by atoms with Crippen molar-refractivity contribution in [2.24, 2.45) is 11.8 Å². The zero-order valence-corrected chi connectivity index (χ0v) is 23.6. The zero-order chi connectivity index (χ0) is 28.1. The molecule has 9 heteroatoms. The van der Waals surface area contributed by atoms with Crippen molar-refractivity contribution in [2.75, 3.05) is 18.1 Å². The summed E-state index contributed by atoms with van der Waals surface area (Å²) in [7, 11) is 0. The monoisotopic (exact) mass is 596 g/mol.